The number of benzene rings is 1. The van der Waals surface area contributed by atoms with E-state index >= 15 is 0 Å². The molecule has 228 valence electrons. The van der Waals surface area contributed by atoms with Crippen molar-refractivity contribution in [1.29, 1.82) is 0 Å². The zero-order valence-electron chi connectivity index (χ0n) is 21.4. The molecule has 1 aliphatic rings. The number of halogens is 5. The largest absolute Gasteiger partial charge is 0.420 e. The first-order valence-corrected chi connectivity index (χ1v) is 12.1. The Morgan fingerprint density at radius 1 is 0.976 bits per heavy atom. The lowest BCUT2D eigenvalue weighted by Gasteiger charge is -2.40. The van der Waals surface area contributed by atoms with Crippen molar-refractivity contribution in [2.24, 2.45) is 0 Å². The minimum atomic E-state index is -2.38. The van der Waals surface area contributed by atoms with Gasteiger partial charge in [0.2, 0.25) is 40.7 Å². The van der Waals surface area contributed by atoms with E-state index in [2.05, 4.69) is 20.4 Å². The Labute approximate surface area is 228 Å². The van der Waals surface area contributed by atoms with E-state index in [0.29, 0.717) is 5.69 Å². The third-order valence-electron chi connectivity index (χ3n) is 5.75. The number of nitrogens with zero attached hydrogens (tertiary/aromatic N) is 3. The fourth-order valence-corrected chi connectivity index (χ4v) is 3.56. The van der Waals surface area contributed by atoms with Gasteiger partial charge in [0.05, 0.1) is 38.5 Å². The summed E-state index contributed by atoms with van der Waals surface area (Å²) >= 11 is 0. The molecular weight excluding hydrogens is 571 g/mol. The van der Waals surface area contributed by atoms with Crippen molar-refractivity contribution in [1.82, 2.24) is 20.3 Å². The molecule has 0 unspecified atom stereocenters. The van der Waals surface area contributed by atoms with Crippen LogP contribution in [-0.4, -0.2) is 99.3 Å². The standard InChI is InChI=1S/C23H27F5N4O9/c1-10(33)29-8-12-19(35)20(36)21(37)23(40-12)39-6-2-11-9-32(31-30-11)4-7-38-5-3-13(34)41-22-17(27)15(25)14(24)16(26)18(22)28/h9,12,19-21,23,35-37H,2-8H2,1H3,(H,29,33)/t12-,19-,20+,21+,23+/m1/s1. The van der Waals surface area contributed by atoms with Gasteiger partial charge in [-0.15, -0.1) is 5.10 Å². The summed E-state index contributed by atoms with van der Waals surface area (Å²) in [6.07, 6.45) is -5.64. The van der Waals surface area contributed by atoms with Crippen LogP contribution in [0, 0.1) is 29.1 Å². The molecule has 13 nitrogen and oxygen atoms in total. The van der Waals surface area contributed by atoms with Crippen molar-refractivity contribution in [3.8, 4) is 5.75 Å². The highest BCUT2D eigenvalue weighted by molar-refractivity contribution is 5.73. The van der Waals surface area contributed by atoms with E-state index in [1.165, 1.54) is 11.6 Å². The van der Waals surface area contributed by atoms with Crippen LogP contribution in [0.1, 0.15) is 19.0 Å². The SMILES string of the molecule is CC(=O)NC[C@H]1O[C@H](OCCc2cn(CCOCCC(=O)Oc3c(F)c(F)c(F)c(F)c3F)nn2)[C@@H](O)[C@@H](O)[C@@H]1O. The molecule has 1 saturated heterocycles. The van der Waals surface area contributed by atoms with Crippen LogP contribution >= 0.6 is 0 Å². The monoisotopic (exact) mass is 598 g/mol. The predicted octanol–water partition coefficient (Wildman–Crippen LogP) is -0.511. The van der Waals surface area contributed by atoms with E-state index in [9.17, 15) is 46.9 Å². The number of amides is 1. The Morgan fingerprint density at radius 2 is 1.63 bits per heavy atom. The van der Waals surface area contributed by atoms with Crippen LogP contribution in [0.15, 0.2) is 6.20 Å². The summed E-state index contributed by atoms with van der Waals surface area (Å²) in [5, 5.41) is 40.4. The van der Waals surface area contributed by atoms with Crippen molar-refractivity contribution in [2.45, 2.75) is 57.0 Å². The molecule has 1 aromatic carbocycles. The third kappa shape index (κ3) is 8.37. The van der Waals surface area contributed by atoms with Crippen molar-refractivity contribution in [3.05, 3.63) is 41.0 Å². The second-order valence-corrected chi connectivity index (χ2v) is 8.78. The molecule has 18 heteroatoms. The number of aromatic nitrogens is 3. The van der Waals surface area contributed by atoms with Gasteiger partial charge in [0.25, 0.3) is 0 Å². The molecule has 1 aliphatic heterocycles. The number of nitrogens with one attached hydrogen (secondary N) is 1. The van der Waals surface area contributed by atoms with Crippen molar-refractivity contribution < 1.29 is 65.8 Å². The molecule has 0 aliphatic carbocycles. The van der Waals surface area contributed by atoms with Gasteiger partial charge >= 0.3 is 5.97 Å². The Morgan fingerprint density at radius 3 is 2.29 bits per heavy atom. The molecule has 0 saturated carbocycles. The third-order valence-corrected chi connectivity index (χ3v) is 5.75. The Kier molecular flexibility index (Phi) is 11.4. The van der Waals surface area contributed by atoms with Gasteiger partial charge in [0.15, 0.2) is 6.29 Å². The summed E-state index contributed by atoms with van der Waals surface area (Å²) in [5.74, 6) is -14.8. The summed E-state index contributed by atoms with van der Waals surface area (Å²) in [7, 11) is 0. The Balaban J connectivity index is 1.36. The van der Waals surface area contributed by atoms with Gasteiger partial charge in [-0.25, -0.2) is 17.9 Å². The highest BCUT2D eigenvalue weighted by Gasteiger charge is 2.44. The highest BCUT2D eigenvalue weighted by atomic mass is 19.2. The summed E-state index contributed by atoms with van der Waals surface area (Å²) in [5.41, 5.74) is 0.470. The van der Waals surface area contributed by atoms with Crippen molar-refractivity contribution >= 4 is 11.9 Å². The predicted molar refractivity (Wildman–Crippen MR) is 122 cm³/mol. The van der Waals surface area contributed by atoms with Crippen LogP contribution < -0.4 is 10.1 Å². The van der Waals surface area contributed by atoms with Gasteiger partial charge in [-0.1, -0.05) is 5.21 Å². The fourth-order valence-electron chi connectivity index (χ4n) is 3.56. The molecule has 2 aromatic rings. The van der Waals surface area contributed by atoms with Gasteiger partial charge in [0, 0.05) is 26.1 Å². The quantitative estimate of drug-likeness (QED) is 0.0584. The summed E-state index contributed by atoms with van der Waals surface area (Å²) in [6.45, 7) is 1.02. The average molecular weight is 598 g/mol. The molecule has 1 amide bonds. The van der Waals surface area contributed by atoms with Crippen LogP contribution in [0.3, 0.4) is 0 Å². The average Bonchev–Trinajstić information content (AvgIpc) is 3.39. The first-order valence-electron chi connectivity index (χ1n) is 12.1. The van der Waals surface area contributed by atoms with Crippen LogP contribution in [0.4, 0.5) is 22.0 Å². The Bertz CT molecular complexity index is 1190. The molecule has 5 atom stereocenters. The van der Waals surface area contributed by atoms with Gasteiger partial charge in [-0.2, -0.15) is 8.78 Å². The van der Waals surface area contributed by atoms with Crippen molar-refractivity contribution in [2.75, 3.05) is 26.4 Å². The van der Waals surface area contributed by atoms with E-state index in [4.69, 9.17) is 14.2 Å². The van der Waals surface area contributed by atoms with Gasteiger partial charge in [-0.05, 0) is 0 Å². The number of carbonyl (C=O) groups is 2. The summed E-state index contributed by atoms with van der Waals surface area (Å²) < 4.78 is 88.4. The molecule has 0 radical (unpaired) electrons. The topological polar surface area (TPSA) is 174 Å². The second kappa shape index (κ2) is 14.6. The molecule has 3 rings (SSSR count). The summed E-state index contributed by atoms with van der Waals surface area (Å²) in [4.78, 5) is 22.8. The van der Waals surface area contributed by atoms with Gasteiger partial charge in [0.1, 0.15) is 24.4 Å². The number of hydrogen-bond acceptors (Lipinski definition) is 11. The number of carbonyl (C=O) groups excluding carboxylic acids is 2. The van der Waals surface area contributed by atoms with Gasteiger partial charge in [-0.3, -0.25) is 9.59 Å². The first-order chi connectivity index (χ1) is 19.4. The number of ether oxygens (including phenoxy) is 4. The molecule has 1 aromatic heterocycles. The van der Waals surface area contributed by atoms with E-state index in [-0.39, 0.29) is 45.2 Å². The molecule has 4 N–H and O–H groups in total. The van der Waals surface area contributed by atoms with E-state index < -0.39 is 77.9 Å². The number of esters is 1. The van der Waals surface area contributed by atoms with Gasteiger partial charge < -0.3 is 39.6 Å². The maximum atomic E-state index is 13.6. The van der Waals surface area contributed by atoms with Crippen LogP contribution in [0.25, 0.3) is 0 Å². The minimum Gasteiger partial charge on any atom is -0.420 e. The maximum absolute atomic E-state index is 13.6. The van der Waals surface area contributed by atoms with E-state index in [1.54, 1.807) is 6.20 Å². The van der Waals surface area contributed by atoms with Crippen LogP contribution in [0.2, 0.25) is 0 Å². The number of rotatable bonds is 13. The summed E-state index contributed by atoms with van der Waals surface area (Å²) in [6, 6.07) is 0. The molecule has 0 spiro atoms. The van der Waals surface area contributed by atoms with Crippen LogP contribution in [-0.2, 0) is 36.8 Å². The molecule has 0 bridgehead atoms. The molecule has 41 heavy (non-hydrogen) atoms. The zero-order valence-corrected chi connectivity index (χ0v) is 21.4. The minimum absolute atomic E-state index is 0.00706. The zero-order chi connectivity index (χ0) is 30.3. The number of aliphatic hydroxyl groups excluding tert-OH is 3. The Hall–Kier alpha value is -3.29. The smallest absolute Gasteiger partial charge is 0.313 e. The maximum Gasteiger partial charge on any atom is 0.313 e. The normalized spacial score (nSPS) is 22.5. The second-order valence-electron chi connectivity index (χ2n) is 8.78. The lowest BCUT2D eigenvalue weighted by Crippen LogP contribution is -2.60. The molecule has 1 fully saturated rings. The lowest BCUT2D eigenvalue weighted by molar-refractivity contribution is -0.295. The number of hydrogen-bond donors (Lipinski definition) is 4. The van der Waals surface area contributed by atoms with Crippen molar-refractivity contribution in [3.63, 3.8) is 0 Å². The fraction of sp³-hybridized carbons (Fsp3) is 0.565. The van der Waals surface area contributed by atoms with Crippen LogP contribution in [0.5, 0.6) is 5.75 Å². The molecule has 2 heterocycles. The van der Waals surface area contributed by atoms with E-state index in [1.807, 2.05) is 0 Å². The first kappa shape index (κ1) is 32.2. The highest BCUT2D eigenvalue weighted by Crippen LogP contribution is 2.29. The lowest BCUT2D eigenvalue weighted by atomic mass is 9.99. The number of aliphatic hydroxyl groups is 3. The molecular formula is C23H27F5N4O9. The van der Waals surface area contributed by atoms with E-state index in [0.717, 1.165) is 0 Å².